The Labute approximate surface area is 162 Å². The van der Waals surface area contributed by atoms with Crippen LogP contribution in [-0.4, -0.2) is 17.2 Å². The Balaban J connectivity index is 1.59. The molecule has 1 aromatic carbocycles. The first-order valence-electron chi connectivity index (χ1n) is 10.1. The molecule has 1 spiro atoms. The zero-order chi connectivity index (χ0) is 19.4. The molecule has 1 heterocycles. The maximum atomic E-state index is 12.9. The van der Waals surface area contributed by atoms with Gasteiger partial charge in [-0.05, 0) is 63.3 Å². The number of esters is 1. The fourth-order valence-corrected chi connectivity index (χ4v) is 5.35. The van der Waals surface area contributed by atoms with E-state index >= 15 is 0 Å². The van der Waals surface area contributed by atoms with Gasteiger partial charge in [0, 0.05) is 24.2 Å². The average Bonchev–Trinajstić information content (AvgIpc) is 3.09. The Morgan fingerprint density at radius 3 is 2.41 bits per heavy atom. The molecule has 1 aromatic rings. The minimum Gasteiger partial charge on any atom is -0.488 e. The van der Waals surface area contributed by atoms with Gasteiger partial charge >= 0.3 is 5.97 Å². The molecule has 3 nitrogen and oxygen atoms in total. The van der Waals surface area contributed by atoms with Gasteiger partial charge in [-0.15, -0.1) is 13.2 Å². The molecule has 0 bridgehead atoms. The summed E-state index contributed by atoms with van der Waals surface area (Å²) >= 11 is 0. The zero-order valence-corrected chi connectivity index (χ0v) is 16.7. The van der Waals surface area contributed by atoms with Crippen molar-refractivity contribution in [2.45, 2.75) is 63.6 Å². The summed E-state index contributed by atoms with van der Waals surface area (Å²) in [6.45, 7) is 14.1. The Bertz CT molecular complexity index is 769. The van der Waals surface area contributed by atoms with Gasteiger partial charge in [0.15, 0.2) is 0 Å². The maximum absolute atomic E-state index is 12.9. The van der Waals surface area contributed by atoms with E-state index in [-0.39, 0.29) is 35.2 Å². The summed E-state index contributed by atoms with van der Waals surface area (Å²) in [6.07, 6.45) is 7.70. The first kappa shape index (κ1) is 18.3. The number of hydrogen-bond donors (Lipinski definition) is 0. The highest BCUT2D eigenvalue weighted by molar-refractivity contribution is 5.78. The van der Waals surface area contributed by atoms with E-state index in [1.807, 2.05) is 39.0 Å². The van der Waals surface area contributed by atoms with E-state index in [0.717, 1.165) is 31.4 Å². The first-order chi connectivity index (χ1) is 12.8. The molecule has 3 heteroatoms. The van der Waals surface area contributed by atoms with Gasteiger partial charge in [-0.3, -0.25) is 4.79 Å². The van der Waals surface area contributed by atoms with Crippen LogP contribution in [0.3, 0.4) is 0 Å². The smallest absolute Gasteiger partial charge is 0.310 e. The van der Waals surface area contributed by atoms with Crippen molar-refractivity contribution in [3.63, 3.8) is 0 Å². The standard InChI is InChI=1S/C24H30O3/c1-6-16-9-10-17(7-2)24(16)14-21(22(25)27-24)20-12-15-8-11-18(13-19(15)20)26-23(3,4)5/h6-8,11,13,16-17,20-21H,1-2,9-10,12,14H2,3-5H3/t16-,17-,20?,21?/m1/s1. The first-order valence-corrected chi connectivity index (χ1v) is 10.1. The number of rotatable bonds is 4. The minimum absolute atomic E-state index is 0.0478. The van der Waals surface area contributed by atoms with Crippen molar-refractivity contribution in [2.24, 2.45) is 17.8 Å². The highest BCUT2D eigenvalue weighted by Crippen LogP contribution is 2.56. The van der Waals surface area contributed by atoms with Crippen LogP contribution in [0, 0.1) is 17.8 Å². The average molecular weight is 367 g/mol. The lowest BCUT2D eigenvalue weighted by Crippen LogP contribution is -2.38. The monoisotopic (exact) mass is 366 g/mol. The number of hydrogen-bond acceptors (Lipinski definition) is 3. The predicted octanol–water partition coefficient (Wildman–Crippen LogP) is 5.20. The number of fused-ring (bicyclic) bond motifs is 1. The van der Waals surface area contributed by atoms with E-state index in [0.29, 0.717) is 0 Å². The molecule has 2 unspecified atom stereocenters. The topological polar surface area (TPSA) is 35.5 Å². The van der Waals surface area contributed by atoms with Gasteiger partial charge in [0.2, 0.25) is 0 Å². The number of ether oxygens (including phenoxy) is 2. The minimum atomic E-state index is -0.430. The Hall–Kier alpha value is -2.03. The third kappa shape index (κ3) is 2.92. The lowest BCUT2D eigenvalue weighted by atomic mass is 9.67. The zero-order valence-electron chi connectivity index (χ0n) is 16.7. The summed E-state index contributed by atoms with van der Waals surface area (Å²) in [5, 5.41) is 0. The van der Waals surface area contributed by atoms with Crippen molar-refractivity contribution >= 4 is 5.97 Å². The number of benzene rings is 1. The summed E-state index contributed by atoms with van der Waals surface area (Å²) in [7, 11) is 0. The highest BCUT2D eigenvalue weighted by atomic mass is 16.6. The fourth-order valence-electron chi connectivity index (χ4n) is 5.35. The van der Waals surface area contributed by atoms with Gasteiger partial charge in [-0.2, -0.15) is 0 Å². The molecular weight excluding hydrogens is 336 g/mol. The lowest BCUT2D eigenvalue weighted by molar-refractivity contribution is -0.154. The molecule has 1 saturated carbocycles. The van der Waals surface area contributed by atoms with Gasteiger partial charge in [0.1, 0.15) is 17.0 Å². The van der Waals surface area contributed by atoms with E-state index in [4.69, 9.17) is 9.47 Å². The van der Waals surface area contributed by atoms with E-state index < -0.39 is 5.60 Å². The van der Waals surface area contributed by atoms with Crippen molar-refractivity contribution in [1.82, 2.24) is 0 Å². The van der Waals surface area contributed by atoms with Crippen LogP contribution >= 0.6 is 0 Å². The van der Waals surface area contributed by atoms with Crippen LogP contribution in [0.15, 0.2) is 43.5 Å². The molecule has 27 heavy (non-hydrogen) atoms. The second-order valence-electron chi connectivity index (χ2n) is 9.33. The Kier molecular flexibility index (Phi) is 4.25. The third-order valence-electron chi connectivity index (χ3n) is 6.61. The Morgan fingerprint density at radius 1 is 1.15 bits per heavy atom. The predicted molar refractivity (Wildman–Crippen MR) is 107 cm³/mol. The van der Waals surface area contributed by atoms with Crippen LogP contribution in [0.1, 0.15) is 57.1 Å². The van der Waals surface area contributed by atoms with Crippen LogP contribution < -0.4 is 4.74 Å². The number of carbonyl (C=O) groups is 1. The van der Waals surface area contributed by atoms with E-state index in [2.05, 4.69) is 25.3 Å². The molecule has 4 rings (SSSR count). The molecule has 1 saturated heterocycles. The van der Waals surface area contributed by atoms with Crippen LogP contribution in [-0.2, 0) is 16.0 Å². The van der Waals surface area contributed by atoms with Gasteiger partial charge in [-0.25, -0.2) is 0 Å². The van der Waals surface area contributed by atoms with Gasteiger partial charge in [0.05, 0.1) is 5.92 Å². The van der Waals surface area contributed by atoms with Crippen molar-refractivity contribution in [1.29, 1.82) is 0 Å². The molecule has 4 atom stereocenters. The van der Waals surface area contributed by atoms with Crippen molar-refractivity contribution in [3.05, 3.63) is 54.6 Å². The molecule has 2 aliphatic carbocycles. The highest BCUT2D eigenvalue weighted by Gasteiger charge is 2.59. The second-order valence-corrected chi connectivity index (χ2v) is 9.33. The molecule has 0 amide bonds. The summed E-state index contributed by atoms with van der Waals surface area (Å²) in [5.41, 5.74) is 1.91. The quantitative estimate of drug-likeness (QED) is 0.542. The molecule has 0 N–H and O–H groups in total. The van der Waals surface area contributed by atoms with Crippen molar-refractivity contribution < 1.29 is 14.3 Å². The summed E-state index contributed by atoms with van der Waals surface area (Å²) < 4.78 is 12.1. The van der Waals surface area contributed by atoms with E-state index in [1.54, 1.807) is 0 Å². The molecule has 3 aliphatic rings. The third-order valence-corrected chi connectivity index (χ3v) is 6.61. The molecular formula is C24H30O3. The molecule has 1 aliphatic heterocycles. The van der Waals surface area contributed by atoms with Gasteiger partial charge in [0.25, 0.3) is 0 Å². The van der Waals surface area contributed by atoms with Gasteiger partial charge in [-0.1, -0.05) is 18.2 Å². The van der Waals surface area contributed by atoms with Crippen LogP contribution in [0.2, 0.25) is 0 Å². The summed E-state index contributed by atoms with van der Waals surface area (Å²) in [4.78, 5) is 12.9. The van der Waals surface area contributed by atoms with E-state index in [9.17, 15) is 4.79 Å². The normalized spacial score (nSPS) is 31.1. The molecule has 0 radical (unpaired) electrons. The second kappa shape index (κ2) is 6.25. The van der Waals surface area contributed by atoms with Crippen LogP contribution in [0.4, 0.5) is 0 Å². The summed E-state index contributed by atoms with van der Waals surface area (Å²) in [6, 6.07) is 6.29. The lowest BCUT2D eigenvalue weighted by Gasteiger charge is -2.36. The largest absolute Gasteiger partial charge is 0.488 e. The van der Waals surface area contributed by atoms with Gasteiger partial charge < -0.3 is 9.47 Å². The molecule has 144 valence electrons. The molecule has 0 aromatic heterocycles. The summed E-state index contributed by atoms with van der Waals surface area (Å²) in [5.74, 6) is 1.43. The van der Waals surface area contributed by atoms with Crippen LogP contribution in [0.5, 0.6) is 5.75 Å². The fraction of sp³-hybridized carbons (Fsp3) is 0.542. The molecule has 2 fully saturated rings. The number of carbonyl (C=O) groups excluding carboxylic acids is 1. The van der Waals surface area contributed by atoms with Crippen molar-refractivity contribution in [3.8, 4) is 5.75 Å². The SMILES string of the molecule is C=C[C@@H]1CC[C@@H](C=C)C12CC(C1Cc3ccc(OC(C)(C)C)cc31)C(=O)O2. The van der Waals surface area contributed by atoms with E-state index in [1.165, 1.54) is 11.1 Å². The maximum Gasteiger partial charge on any atom is 0.310 e. The Morgan fingerprint density at radius 2 is 1.81 bits per heavy atom. The van der Waals surface area contributed by atoms with Crippen LogP contribution in [0.25, 0.3) is 0 Å². The van der Waals surface area contributed by atoms with Crippen molar-refractivity contribution in [2.75, 3.05) is 0 Å².